The van der Waals surface area contributed by atoms with Crippen LogP contribution in [0.15, 0.2) is 29.3 Å². The molecule has 3 nitrogen and oxygen atoms in total. The van der Waals surface area contributed by atoms with E-state index < -0.39 is 0 Å². The van der Waals surface area contributed by atoms with Crippen molar-refractivity contribution in [2.24, 2.45) is 10.7 Å². The number of rotatable bonds is 2. The molecular weight excluding hydrogens is 417 g/mol. The first kappa shape index (κ1) is 17.2. The molecule has 1 heterocycles. The molecule has 3 rings (SSSR count). The van der Waals surface area contributed by atoms with E-state index in [1.54, 1.807) is 0 Å². The maximum atomic E-state index is 6.11. The van der Waals surface area contributed by atoms with Gasteiger partial charge in [0.15, 0.2) is 5.96 Å². The maximum absolute atomic E-state index is 6.11. The van der Waals surface area contributed by atoms with Gasteiger partial charge in [0.05, 0.1) is 6.04 Å². The average Bonchev–Trinajstić information content (AvgIpc) is 2.44. The number of aliphatic imine (C=N–C) groups is 1. The Morgan fingerprint density at radius 3 is 2.43 bits per heavy atom. The number of halogens is 2. The molecule has 2 fully saturated rings. The first-order valence-corrected chi connectivity index (χ1v) is 8.67. The van der Waals surface area contributed by atoms with Gasteiger partial charge in [0, 0.05) is 29.6 Å². The predicted molar refractivity (Wildman–Crippen MR) is 103 cm³/mol. The zero-order valence-electron chi connectivity index (χ0n) is 11.9. The average molecular weight is 438 g/mol. The van der Waals surface area contributed by atoms with Crippen LogP contribution >= 0.6 is 47.3 Å². The molecule has 21 heavy (non-hydrogen) atoms. The van der Waals surface area contributed by atoms with Gasteiger partial charge in [-0.2, -0.15) is 11.8 Å². The number of guanidine groups is 1. The smallest absolute Gasteiger partial charge is 0.191 e. The van der Waals surface area contributed by atoms with Gasteiger partial charge >= 0.3 is 0 Å². The predicted octanol–water partition coefficient (Wildman–Crippen LogP) is 3.57. The minimum Gasteiger partial charge on any atom is -0.370 e. The second-order valence-electron chi connectivity index (χ2n) is 5.46. The van der Waals surface area contributed by atoms with E-state index in [0.717, 1.165) is 48.4 Å². The van der Waals surface area contributed by atoms with Gasteiger partial charge in [0.25, 0.3) is 0 Å². The topological polar surface area (TPSA) is 41.6 Å². The van der Waals surface area contributed by atoms with Gasteiger partial charge in [-0.25, -0.2) is 4.99 Å². The number of nitrogens with two attached hydrogens (primary N) is 1. The van der Waals surface area contributed by atoms with Gasteiger partial charge < -0.3 is 10.6 Å². The molecular formula is C15H21ClIN3S. The van der Waals surface area contributed by atoms with Gasteiger partial charge in [-0.05, 0) is 36.5 Å². The van der Waals surface area contributed by atoms with Crippen molar-refractivity contribution in [1.29, 1.82) is 0 Å². The van der Waals surface area contributed by atoms with Crippen molar-refractivity contribution < 1.29 is 0 Å². The molecule has 0 atom stereocenters. The lowest BCUT2D eigenvalue weighted by atomic mass is 9.76. The van der Waals surface area contributed by atoms with E-state index >= 15 is 0 Å². The summed E-state index contributed by atoms with van der Waals surface area (Å²) in [7, 11) is 0. The van der Waals surface area contributed by atoms with Crippen LogP contribution in [0.3, 0.4) is 0 Å². The van der Waals surface area contributed by atoms with Crippen LogP contribution in [-0.4, -0.2) is 41.5 Å². The Labute approximate surface area is 152 Å². The summed E-state index contributed by atoms with van der Waals surface area (Å²) < 4.78 is 0. The second-order valence-corrected chi connectivity index (χ2v) is 7.12. The molecule has 1 saturated carbocycles. The van der Waals surface area contributed by atoms with Gasteiger partial charge in [-0.15, -0.1) is 24.0 Å². The molecule has 6 heteroatoms. The standard InChI is InChI=1S/C15H20ClN3S.HI/c16-13-3-1-11(2-4-13)12-9-14(10-12)18-15(17)19-5-7-20-8-6-19;/h1-4,12,14H,5-10H2,(H2,17,18);1H. The fourth-order valence-corrected chi connectivity index (χ4v) is 3.79. The molecule has 1 aliphatic carbocycles. The van der Waals surface area contributed by atoms with Crippen molar-refractivity contribution >= 4 is 53.3 Å². The molecule has 0 aromatic heterocycles. The summed E-state index contributed by atoms with van der Waals surface area (Å²) in [6.45, 7) is 2.07. The summed E-state index contributed by atoms with van der Waals surface area (Å²) in [5, 5.41) is 0.801. The molecule has 1 aromatic rings. The van der Waals surface area contributed by atoms with Crippen LogP contribution < -0.4 is 5.73 Å². The fourth-order valence-electron chi connectivity index (χ4n) is 2.76. The van der Waals surface area contributed by atoms with Gasteiger partial charge in [-0.1, -0.05) is 23.7 Å². The molecule has 2 aliphatic rings. The Balaban J connectivity index is 0.00000161. The van der Waals surface area contributed by atoms with E-state index in [1.807, 2.05) is 23.9 Å². The number of hydrogen-bond acceptors (Lipinski definition) is 2. The van der Waals surface area contributed by atoms with Crippen molar-refractivity contribution in [2.45, 2.75) is 24.8 Å². The Morgan fingerprint density at radius 2 is 1.81 bits per heavy atom. The van der Waals surface area contributed by atoms with Crippen LogP contribution in [0.1, 0.15) is 24.3 Å². The van der Waals surface area contributed by atoms with Crippen molar-refractivity contribution in [3.8, 4) is 0 Å². The molecule has 1 aliphatic heterocycles. The first-order chi connectivity index (χ1) is 9.72. The van der Waals surface area contributed by atoms with Gasteiger partial charge in [0.1, 0.15) is 0 Å². The first-order valence-electron chi connectivity index (χ1n) is 7.14. The lowest BCUT2D eigenvalue weighted by Crippen LogP contribution is -2.44. The monoisotopic (exact) mass is 437 g/mol. The SMILES string of the molecule is I.NC(=NC1CC(c2ccc(Cl)cc2)C1)N1CCSCC1. The summed E-state index contributed by atoms with van der Waals surface area (Å²) >= 11 is 7.91. The van der Waals surface area contributed by atoms with Gasteiger partial charge in [-0.3, -0.25) is 0 Å². The highest BCUT2D eigenvalue weighted by molar-refractivity contribution is 14.0. The number of hydrogen-bond donors (Lipinski definition) is 1. The van der Waals surface area contributed by atoms with Crippen molar-refractivity contribution in [3.63, 3.8) is 0 Å². The third kappa shape index (κ3) is 4.42. The summed E-state index contributed by atoms with van der Waals surface area (Å²) in [6, 6.07) is 8.57. The number of benzene rings is 1. The van der Waals surface area contributed by atoms with Gasteiger partial charge in [0.2, 0.25) is 0 Å². The number of nitrogens with zero attached hydrogens (tertiary/aromatic N) is 2. The molecule has 2 N–H and O–H groups in total. The summed E-state index contributed by atoms with van der Waals surface area (Å²) in [4.78, 5) is 6.90. The summed E-state index contributed by atoms with van der Waals surface area (Å²) in [6.07, 6.45) is 2.20. The van der Waals surface area contributed by atoms with E-state index in [0.29, 0.717) is 12.0 Å². The molecule has 1 aromatic carbocycles. The van der Waals surface area contributed by atoms with Crippen molar-refractivity contribution in [1.82, 2.24) is 4.90 Å². The van der Waals surface area contributed by atoms with E-state index in [-0.39, 0.29) is 24.0 Å². The van der Waals surface area contributed by atoms with Crippen molar-refractivity contribution in [2.75, 3.05) is 24.6 Å². The van der Waals surface area contributed by atoms with E-state index in [9.17, 15) is 0 Å². The molecule has 0 bridgehead atoms. The Bertz CT molecular complexity index is 482. The van der Waals surface area contributed by atoms with Crippen molar-refractivity contribution in [3.05, 3.63) is 34.9 Å². The maximum Gasteiger partial charge on any atom is 0.191 e. The highest BCUT2D eigenvalue weighted by Gasteiger charge is 2.30. The molecule has 0 amide bonds. The Morgan fingerprint density at radius 1 is 1.19 bits per heavy atom. The third-order valence-electron chi connectivity index (χ3n) is 4.10. The normalized spacial score (nSPS) is 26.0. The molecule has 0 spiro atoms. The lowest BCUT2D eigenvalue weighted by molar-refractivity contribution is 0.345. The van der Waals surface area contributed by atoms with E-state index in [1.165, 1.54) is 5.56 Å². The minimum atomic E-state index is 0. The molecule has 0 unspecified atom stereocenters. The second kappa shape index (κ2) is 7.92. The summed E-state index contributed by atoms with van der Waals surface area (Å²) in [5.41, 5.74) is 7.48. The largest absolute Gasteiger partial charge is 0.370 e. The van der Waals surface area contributed by atoms with Crippen LogP contribution in [0, 0.1) is 0 Å². The van der Waals surface area contributed by atoms with E-state index in [4.69, 9.17) is 17.3 Å². The fraction of sp³-hybridized carbons (Fsp3) is 0.533. The minimum absolute atomic E-state index is 0. The third-order valence-corrected chi connectivity index (χ3v) is 5.30. The zero-order valence-corrected chi connectivity index (χ0v) is 15.8. The Hall–Kier alpha value is -0.140. The molecule has 116 valence electrons. The molecule has 0 radical (unpaired) electrons. The van der Waals surface area contributed by atoms with Crippen LogP contribution in [-0.2, 0) is 0 Å². The highest BCUT2D eigenvalue weighted by atomic mass is 127. The highest BCUT2D eigenvalue weighted by Crippen LogP contribution is 2.39. The Kier molecular flexibility index (Phi) is 6.50. The van der Waals surface area contributed by atoms with Crippen LogP contribution in [0.5, 0.6) is 0 Å². The number of thioether (sulfide) groups is 1. The zero-order chi connectivity index (χ0) is 13.9. The quantitative estimate of drug-likeness (QED) is 0.437. The van der Waals surface area contributed by atoms with Crippen LogP contribution in [0.2, 0.25) is 5.02 Å². The lowest BCUT2D eigenvalue weighted by Gasteiger charge is -2.35. The van der Waals surface area contributed by atoms with Crippen LogP contribution in [0.25, 0.3) is 0 Å². The van der Waals surface area contributed by atoms with E-state index in [2.05, 4.69) is 22.0 Å². The molecule has 1 saturated heterocycles. The summed E-state index contributed by atoms with van der Waals surface area (Å²) in [5.74, 6) is 3.68. The van der Waals surface area contributed by atoms with Crippen LogP contribution in [0.4, 0.5) is 0 Å².